The lowest BCUT2D eigenvalue weighted by Crippen LogP contribution is -2.28. The Hall–Kier alpha value is -0.610. The first kappa shape index (κ1) is 8.01. The van der Waals surface area contributed by atoms with Gasteiger partial charge in [-0.2, -0.15) is 0 Å². The van der Waals surface area contributed by atoms with Crippen molar-refractivity contribution >= 4 is 5.97 Å². The van der Waals surface area contributed by atoms with Crippen LogP contribution in [0.4, 0.5) is 0 Å². The summed E-state index contributed by atoms with van der Waals surface area (Å²) in [5, 5.41) is 17.8. The average Bonchev–Trinajstić information content (AvgIpc) is 2.73. The highest BCUT2D eigenvalue weighted by molar-refractivity contribution is 5.67. The molecule has 4 nitrogen and oxygen atoms in total. The molecule has 2 aliphatic rings. The lowest BCUT2D eigenvalue weighted by atomic mass is 9.85. The standard InChI is InChI=1S/C8H12O4/c9-5-2-1-4(3-6(10)11)7-8(5)12-7/h4-5,7-9H,1-3H2,(H,10,11)/t4-,5+,7-,8+/m1/s1. The second-order valence-corrected chi connectivity index (χ2v) is 3.57. The van der Waals surface area contributed by atoms with E-state index >= 15 is 0 Å². The van der Waals surface area contributed by atoms with Crippen LogP contribution in [0.2, 0.25) is 0 Å². The summed E-state index contributed by atoms with van der Waals surface area (Å²) in [5.74, 6) is -0.651. The molecule has 1 saturated heterocycles. The third-order valence-corrected chi connectivity index (χ3v) is 2.68. The Bertz CT molecular complexity index is 203. The molecule has 1 saturated carbocycles. The number of rotatable bonds is 2. The van der Waals surface area contributed by atoms with E-state index in [0.717, 1.165) is 6.42 Å². The van der Waals surface area contributed by atoms with Crippen LogP contribution in [-0.4, -0.2) is 34.5 Å². The zero-order chi connectivity index (χ0) is 8.72. The number of fused-ring (bicyclic) bond motifs is 1. The predicted molar refractivity (Wildman–Crippen MR) is 39.6 cm³/mol. The van der Waals surface area contributed by atoms with Gasteiger partial charge in [-0.3, -0.25) is 4.79 Å². The summed E-state index contributed by atoms with van der Waals surface area (Å²) in [5.41, 5.74) is 0. The Kier molecular flexibility index (Phi) is 1.81. The van der Waals surface area contributed by atoms with Crippen molar-refractivity contribution in [1.82, 2.24) is 0 Å². The van der Waals surface area contributed by atoms with E-state index in [4.69, 9.17) is 9.84 Å². The summed E-state index contributed by atoms with van der Waals surface area (Å²) in [6.07, 6.45) is 1.22. The van der Waals surface area contributed by atoms with Gasteiger partial charge in [-0.15, -0.1) is 0 Å². The molecule has 0 unspecified atom stereocenters. The van der Waals surface area contributed by atoms with Crippen LogP contribution < -0.4 is 0 Å². The molecule has 2 N–H and O–H groups in total. The van der Waals surface area contributed by atoms with Gasteiger partial charge in [0.1, 0.15) is 6.10 Å². The van der Waals surface area contributed by atoms with Gasteiger partial charge in [0.25, 0.3) is 0 Å². The highest BCUT2D eigenvalue weighted by atomic mass is 16.6. The van der Waals surface area contributed by atoms with Crippen molar-refractivity contribution in [1.29, 1.82) is 0 Å². The molecule has 2 fully saturated rings. The minimum Gasteiger partial charge on any atom is -0.481 e. The third-order valence-electron chi connectivity index (χ3n) is 2.68. The van der Waals surface area contributed by atoms with Crippen LogP contribution in [0, 0.1) is 5.92 Å². The molecule has 0 radical (unpaired) electrons. The molecule has 2 rings (SSSR count). The molecular formula is C8H12O4. The molecule has 0 aromatic carbocycles. The molecule has 1 heterocycles. The molecule has 0 amide bonds. The number of hydrogen-bond acceptors (Lipinski definition) is 3. The number of aliphatic hydroxyl groups is 1. The lowest BCUT2D eigenvalue weighted by molar-refractivity contribution is -0.138. The van der Waals surface area contributed by atoms with E-state index in [-0.39, 0.29) is 30.7 Å². The summed E-state index contributed by atoms with van der Waals surface area (Å²) in [4.78, 5) is 10.4. The fourth-order valence-corrected chi connectivity index (χ4v) is 1.98. The normalized spacial score (nSPS) is 45.1. The van der Waals surface area contributed by atoms with E-state index in [1.165, 1.54) is 0 Å². The molecule has 0 bridgehead atoms. The molecular weight excluding hydrogens is 160 g/mol. The van der Waals surface area contributed by atoms with Crippen molar-refractivity contribution in [2.75, 3.05) is 0 Å². The van der Waals surface area contributed by atoms with E-state index < -0.39 is 5.97 Å². The number of ether oxygens (including phenoxy) is 1. The molecule has 1 aliphatic carbocycles. The van der Waals surface area contributed by atoms with E-state index in [1.807, 2.05) is 0 Å². The minimum atomic E-state index is -0.773. The van der Waals surface area contributed by atoms with E-state index in [1.54, 1.807) is 0 Å². The van der Waals surface area contributed by atoms with Crippen LogP contribution in [0.5, 0.6) is 0 Å². The van der Waals surface area contributed by atoms with Gasteiger partial charge < -0.3 is 14.9 Å². The third kappa shape index (κ3) is 1.32. The van der Waals surface area contributed by atoms with Crippen molar-refractivity contribution in [3.63, 3.8) is 0 Å². The summed E-state index contributed by atoms with van der Waals surface area (Å²) < 4.78 is 5.19. The van der Waals surface area contributed by atoms with Gasteiger partial charge in [-0.25, -0.2) is 0 Å². The summed E-state index contributed by atoms with van der Waals surface area (Å²) in [6.45, 7) is 0. The first-order valence-electron chi connectivity index (χ1n) is 4.24. The number of hydrogen-bond donors (Lipinski definition) is 2. The van der Waals surface area contributed by atoms with Crippen molar-refractivity contribution < 1.29 is 19.7 Å². The summed E-state index contributed by atoms with van der Waals surface area (Å²) >= 11 is 0. The number of carboxylic acids is 1. The van der Waals surface area contributed by atoms with Gasteiger partial charge in [-0.1, -0.05) is 0 Å². The zero-order valence-electron chi connectivity index (χ0n) is 6.64. The average molecular weight is 172 g/mol. The maximum absolute atomic E-state index is 10.4. The highest BCUT2D eigenvalue weighted by Gasteiger charge is 2.52. The maximum atomic E-state index is 10.4. The summed E-state index contributed by atoms with van der Waals surface area (Å²) in [7, 11) is 0. The fourth-order valence-electron chi connectivity index (χ4n) is 1.98. The van der Waals surface area contributed by atoms with E-state index in [2.05, 4.69) is 0 Å². The molecule has 4 atom stereocenters. The lowest BCUT2D eigenvalue weighted by Gasteiger charge is -2.19. The van der Waals surface area contributed by atoms with E-state index in [9.17, 15) is 9.90 Å². The molecule has 68 valence electrons. The first-order chi connectivity index (χ1) is 5.68. The first-order valence-corrected chi connectivity index (χ1v) is 4.24. The Labute approximate surface area is 70.1 Å². The van der Waals surface area contributed by atoms with Gasteiger partial charge in [0.2, 0.25) is 0 Å². The second kappa shape index (κ2) is 2.71. The maximum Gasteiger partial charge on any atom is 0.303 e. The molecule has 4 heteroatoms. The van der Waals surface area contributed by atoms with Crippen molar-refractivity contribution in [2.24, 2.45) is 5.92 Å². The fraction of sp³-hybridized carbons (Fsp3) is 0.875. The summed E-state index contributed by atoms with van der Waals surface area (Å²) in [6, 6.07) is 0. The van der Waals surface area contributed by atoms with Gasteiger partial charge >= 0.3 is 5.97 Å². The molecule has 12 heavy (non-hydrogen) atoms. The minimum absolute atomic E-state index is 0.0184. The van der Waals surface area contributed by atoms with Crippen molar-refractivity contribution in [2.45, 2.75) is 37.6 Å². The number of carbonyl (C=O) groups is 1. The Morgan fingerprint density at radius 2 is 2.17 bits per heavy atom. The van der Waals surface area contributed by atoms with Crippen LogP contribution in [0.1, 0.15) is 19.3 Å². The van der Waals surface area contributed by atoms with E-state index in [0.29, 0.717) is 6.42 Å². The predicted octanol–water partition coefficient (Wildman–Crippen LogP) is -0.000600. The number of aliphatic hydroxyl groups excluding tert-OH is 1. The van der Waals surface area contributed by atoms with Crippen LogP contribution in [0.3, 0.4) is 0 Å². The van der Waals surface area contributed by atoms with Gasteiger partial charge in [-0.05, 0) is 18.8 Å². The monoisotopic (exact) mass is 172 g/mol. The number of carboxylic acid groups (broad SMARTS) is 1. The number of aliphatic carboxylic acids is 1. The van der Waals surface area contributed by atoms with Crippen LogP contribution in [0.25, 0.3) is 0 Å². The smallest absolute Gasteiger partial charge is 0.303 e. The van der Waals surface area contributed by atoms with Gasteiger partial charge in [0, 0.05) is 0 Å². The Morgan fingerprint density at radius 1 is 1.42 bits per heavy atom. The second-order valence-electron chi connectivity index (χ2n) is 3.57. The highest BCUT2D eigenvalue weighted by Crippen LogP contribution is 2.42. The van der Waals surface area contributed by atoms with Crippen LogP contribution in [-0.2, 0) is 9.53 Å². The van der Waals surface area contributed by atoms with Gasteiger partial charge in [0.15, 0.2) is 0 Å². The Balaban J connectivity index is 1.90. The Morgan fingerprint density at radius 3 is 2.83 bits per heavy atom. The molecule has 1 aliphatic heterocycles. The van der Waals surface area contributed by atoms with Crippen molar-refractivity contribution in [3.05, 3.63) is 0 Å². The molecule has 0 spiro atoms. The molecule has 0 aromatic heterocycles. The van der Waals surface area contributed by atoms with Crippen molar-refractivity contribution in [3.8, 4) is 0 Å². The topological polar surface area (TPSA) is 70.1 Å². The van der Waals surface area contributed by atoms with Gasteiger partial charge in [0.05, 0.1) is 18.6 Å². The SMILES string of the molecule is O=C(O)C[C@H]1CC[C@H](O)[C@@H]2O[C@H]12. The van der Waals surface area contributed by atoms with Crippen LogP contribution >= 0.6 is 0 Å². The number of epoxide rings is 1. The quantitative estimate of drug-likeness (QED) is 0.575. The largest absolute Gasteiger partial charge is 0.481 e. The molecule has 0 aromatic rings. The zero-order valence-corrected chi connectivity index (χ0v) is 6.64. The van der Waals surface area contributed by atoms with Crippen LogP contribution in [0.15, 0.2) is 0 Å².